The summed E-state index contributed by atoms with van der Waals surface area (Å²) in [5.41, 5.74) is 16.6. The number of benzene rings is 1. The SMILES string of the molecule is CCc1ccc(C(N)c2c(C)ccnc2N)cc1. The van der Waals surface area contributed by atoms with Gasteiger partial charge in [-0.2, -0.15) is 0 Å². The van der Waals surface area contributed by atoms with Crippen LogP contribution in [-0.4, -0.2) is 4.98 Å². The van der Waals surface area contributed by atoms with Crippen LogP contribution in [0.2, 0.25) is 0 Å². The number of aryl methyl sites for hydroxylation is 2. The number of pyridine rings is 1. The number of hydrogen-bond acceptors (Lipinski definition) is 3. The van der Waals surface area contributed by atoms with E-state index in [0.717, 1.165) is 23.1 Å². The standard InChI is InChI=1S/C15H19N3/c1-3-11-4-6-12(7-5-11)14(16)13-10(2)8-9-18-15(13)17/h4-9,14H,3,16H2,1-2H3,(H2,17,18). The predicted octanol–water partition coefficient (Wildman–Crippen LogP) is 2.58. The van der Waals surface area contributed by atoms with E-state index in [2.05, 4.69) is 36.2 Å². The molecule has 0 aliphatic rings. The average molecular weight is 241 g/mol. The maximum Gasteiger partial charge on any atom is 0.128 e. The summed E-state index contributed by atoms with van der Waals surface area (Å²) in [6, 6.07) is 10.1. The smallest absolute Gasteiger partial charge is 0.128 e. The third kappa shape index (κ3) is 2.36. The molecule has 0 bridgehead atoms. The molecule has 1 atom stereocenters. The Labute approximate surface area is 108 Å². The normalized spacial score (nSPS) is 12.4. The summed E-state index contributed by atoms with van der Waals surface area (Å²) in [4.78, 5) is 4.12. The van der Waals surface area contributed by atoms with Crippen LogP contribution in [0.3, 0.4) is 0 Å². The lowest BCUT2D eigenvalue weighted by atomic mass is 9.95. The Bertz CT molecular complexity index is 512. The van der Waals surface area contributed by atoms with E-state index in [1.165, 1.54) is 5.56 Å². The van der Waals surface area contributed by atoms with Crippen molar-refractivity contribution in [1.82, 2.24) is 4.98 Å². The lowest BCUT2D eigenvalue weighted by Crippen LogP contribution is -2.16. The van der Waals surface area contributed by atoms with Gasteiger partial charge in [0.25, 0.3) is 0 Å². The number of aromatic nitrogens is 1. The molecule has 0 aliphatic carbocycles. The summed E-state index contributed by atoms with van der Waals surface area (Å²) in [5.74, 6) is 0.516. The van der Waals surface area contributed by atoms with E-state index in [1.54, 1.807) is 6.20 Å². The fourth-order valence-electron chi connectivity index (χ4n) is 2.12. The van der Waals surface area contributed by atoms with E-state index in [9.17, 15) is 0 Å². The van der Waals surface area contributed by atoms with Crippen LogP contribution in [0.1, 0.15) is 35.2 Å². The molecule has 0 radical (unpaired) electrons. The van der Waals surface area contributed by atoms with Gasteiger partial charge < -0.3 is 11.5 Å². The van der Waals surface area contributed by atoms with Crippen molar-refractivity contribution in [2.75, 3.05) is 5.73 Å². The first kappa shape index (κ1) is 12.6. The van der Waals surface area contributed by atoms with Crippen LogP contribution >= 0.6 is 0 Å². The molecule has 0 saturated carbocycles. The minimum absolute atomic E-state index is 0.218. The number of rotatable bonds is 3. The molecule has 1 heterocycles. The average Bonchev–Trinajstić information content (AvgIpc) is 2.38. The Balaban J connectivity index is 2.38. The molecule has 94 valence electrons. The quantitative estimate of drug-likeness (QED) is 0.868. The van der Waals surface area contributed by atoms with Crippen LogP contribution in [0.25, 0.3) is 0 Å². The van der Waals surface area contributed by atoms with Gasteiger partial charge in [-0.25, -0.2) is 4.98 Å². The van der Waals surface area contributed by atoms with Gasteiger partial charge in [-0.05, 0) is 36.1 Å². The Morgan fingerprint density at radius 3 is 2.39 bits per heavy atom. The molecule has 0 amide bonds. The number of nitrogens with two attached hydrogens (primary N) is 2. The number of hydrogen-bond donors (Lipinski definition) is 2. The Hall–Kier alpha value is -1.87. The zero-order valence-electron chi connectivity index (χ0n) is 10.9. The molecule has 3 heteroatoms. The summed E-state index contributed by atoms with van der Waals surface area (Å²) in [7, 11) is 0. The molecule has 0 aliphatic heterocycles. The maximum absolute atomic E-state index is 6.29. The zero-order valence-corrected chi connectivity index (χ0v) is 10.9. The summed E-state index contributed by atoms with van der Waals surface area (Å²) in [5, 5.41) is 0. The van der Waals surface area contributed by atoms with Gasteiger partial charge in [-0.1, -0.05) is 31.2 Å². The lowest BCUT2D eigenvalue weighted by molar-refractivity contribution is 0.856. The van der Waals surface area contributed by atoms with Crippen molar-refractivity contribution >= 4 is 5.82 Å². The van der Waals surface area contributed by atoms with E-state index in [-0.39, 0.29) is 6.04 Å². The zero-order chi connectivity index (χ0) is 13.1. The highest BCUT2D eigenvalue weighted by Gasteiger charge is 2.15. The van der Waals surface area contributed by atoms with E-state index in [1.807, 2.05) is 13.0 Å². The Morgan fingerprint density at radius 1 is 1.17 bits per heavy atom. The van der Waals surface area contributed by atoms with Gasteiger partial charge in [0.2, 0.25) is 0 Å². The van der Waals surface area contributed by atoms with Crippen LogP contribution in [0.4, 0.5) is 5.82 Å². The summed E-state index contributed by atoms with van der Waals surface area (Å²) >= 11 is 0. The summed E-state index contributed by atoms with van der Waals surface area (Å²) in [6.07, 6.45) is 2.74. The molecular weight excluding hydrogens is 222 g/mol. The van der Waals surface area contributed by atoms with Gasteiger partial charge in [0.05, 0.1) is 6.04 Å². The highest BCUT2D eigenvalue weighted by atomic mass is 14.8. The maximum atomic E-state index is 6.29. The number of nitrogens with zero attached hydrogens (tertiary/aromatic N) is 1. The molecule has 0 saturated heterocycles. The molecule has 3 nitrogen and oxygen atoms in total. The molecule has 4 N–H and O–H groups in total. The van der Waals surface area contributed by atoms with Crippen LogP contribution in [0.5, 0.6) is 0 Å². The van der Waals surface area contributed by atoms with Gasteiger partial charge in [0, 0.05) is 11.8 Å². The molecular formula is C15H19N3. The van der Waals surface area contributed by atoms with Gasteiger partial charge >= 0.3 is 0 Å². The minimum Gasteiger partial charge on any atom is -0.383 e. The van der Waals surface area contributed by atoms with Crippen LogP contribution < -0.4 is 11.5 Å². The first-order valence-electron chi connectivity index (χ1n) is 6.19. The van der Waals surface area contributed by atoms with Crippen molar-refractivity contribution in [3.63, 3.8) is 0 Å². The van der Waals surface area contributed by atoms with Crippen molar-refractivity contribution in [3.8, 4) is 0 Å². The summed E-state index contributed by atoms with van der Waals surface area (Å²) < 4.78 is 0. The first-order chi connectivity index (χ1) is 8.63. The number of anilines is 1. The monoisotopic (exact) mass is 241 g/mol. The Morgan fingerprint density at radius 2 is 1.83 bits per heavy atom. The molecule has 1 unspecified atom stereocenters. The molecule has 1 aromatic carbocycles. The highest BCUT2D eigenvalue weighted by molar-refractivity contribution is 5.49. The largest absolute Gasteiger partial charge is 0.383 e. The van der Waals surface area contributed by atoms with E-state index >= 15 is 0 Å². The van der Waals surface area contributed by atoms with Gasteiger partial charge in [0.15, 0.2) is 0 Å². The molecule has 2 rings (SSSR count). The van der Waals surface area contributed by atoms with Crippen LogP contribution in [0, 0.1) is 6.92 Å². The van der Waals surface area contributed by atoms with E-state index in [0.29, 0.717) is 5.82 Å². The van der Waals surface area contributed by atoms with E-state index < -0.39 is 0 Å². The van der Waals surface area contributed by atoms with Crippen molar-refractivity contribution in [1.29, 1.82) is 0 Å². The third-order valence-corrected chi connectivity index (χ3v) is 3.30. The van der Waals surface area contributed by atoms with Gasteiger partial charge in [-0.3, -0.25) is 0 Å². The molecule has 0 fully saturated rings. The topological polar surface area (TPSA) is 64.9 Å². The van der Waals surface area contributed by atoms with Crippen LogP contribution in [0.15, 0.2) is 36.5 Å². The molecule has 18 heavy (non-hydrogen) atoms. The Kier molecular flexibility index (Phi) is 3.63. The first-order valence-corrected chi connectivity index (χ1v) is 6.19. The van der Waals surface area contributed by atoms with Crippen molar-refractivity contribution in [2.45, 2.75) is 26.3 Å². The van der Waals surface area contributed by atoms with E-state index in [4.69, 9.17) is 11.5 Å². The van der Waals surface area contributed by atoms with Crippen molar-refractivity contribution in [3.05, 3.63) is 58.8 Å². The minimum atomic E-state index is -0.218. The number of nitrogen functional groups attached to an aromatic ring is 1. The third-order valence-electron chi connectivity index (χ3n) is 3.30. The van der Waals surface area contributed by atoms with Crippen LogP contribution in [-0.2, 0) is 6.42 Å². The lowest BCUT2D eigenvalue weighted by Gasteiger charge is -2.17. The van der Waals surface area contributed by atoms with Gasteiger partial charge in [0.1, 0.15) is 5.82 Å². The second-order valence-corrected chi connectivity index (χ2v) is 4.50. The molecule has 0 spiro atoms. The second kappa shape index (κ2) is 5.19. The molecule has 1 aromatic heterocycles. The predicted molar refractivity (Wildman–Crippen MR) is 75.2 cm³/mol. The summed E-state index contributed by atoms with van der Waals surface area (Å²) in [6.45, 7) is 4.14. The van der Waals surface area contributed by atoms with Crippen molar-refractivity contribution < 1.29 is 0 Å². The second-order valence-electron chi connectivity index (χ2n) is 4.50. The fourth-order valence-corrected chi connectivity index (χ4v) is 2.12. The highest BCUT2D eigenvalue weighted by Crippen LogP contribution is 2.26. The molecule has 2 aromatic rings. The van der Waals surface area contributed by atoms with Crippen molar-refractivity contribution in [2.24, 2.45) is 5.73 Å². The van der Waals surface area contributed by atoms with Gasteiger partial charge in [-0.15, -0.1) is 0 Å². The fraction of sp³-hybridized carbons (Fsp3) is 0.267.